The van der Waals surface area contributed by atoms with Crippen LogP contribution in [0.1, 0.15) is 37.9 Å². The lowest BCUT2D eigenvalue weighted by molar-refractivity contribution is -0.144. The highest BCUT2D eigenvalue weighted by atomic mass is 19.3. The number of aromatic nitrogens is 2. The van der Waals surface area contributed by atoms with Crippen molar-refractivity contribution in [2.24, 2.45) is 11.8 Å². The number of hydrogen-bond acceptors (Lipinski definition) is 3. The highest BCUT2D eigenvalue weighted by Gasteiger charge is 2.45. The summed E-state index contributed by atoms with van der Waals surface area (Å²) in [5, 5.41) is 4.23. The van der Waals surface area contributed by atoms with E-state index in [0.717, 1.165) is 12.1 Å². The number of likely N-dealkylation sites (tertiary alicyclic amines) is 1. The second-order valence-electron chi connectivity index (χ2n) is 7.50. The third-order valence-corrected chi connectivity index (χ3v) is 5.62. The molecule has 1 saturated heterocycles. The zero-order valence-electron chi connectivity index (χ0n) is 14.2. The van der Waals surface area contributed by atoms with Crippen molar-refractivity contribution in [3.05, 3.63) is 18.0 Å². The molecule has 8 heteroatoms. The summed E-state index contributed by atoms with van der Waals surface area (Å²) in [7, 11) is 0. The van der Waals surface area contributed by atoms with Crippen LogP contribution in [0.4, 0.5) is 8.78 Å². The molecule has 25 heavy (non-hydrogen) atoms. The number of hydrogen-bond donors (Lipinski definition) is 0. The number of carbonyl (C=O) groups excluding carboxylic acids is 2. The molecule has 1 aromatic rings. The summed E-state index contributed by atoms with van der Waals surface area (Å²) >= 11 is 0. The second-order valence-corrected chi connectivity index (χ2v) is 7.50. The molecule has 0 aromatic carbocycles. The average Bonchev–Trinajstić information content (AvgIpc) is 3.12. The minimum Gasteiger partial charge on any atom is -0.340 e. The van der Waals surface area contributed by atoms with Crippen LogP contribution >= 0.6 is 0 Å². The summed E-state index contributed by atoms with van der Waals surface area (Å²) in [6, 6.07) is 1.18. The highest BCUT2D eigenvalue weighted by molar-refractivity contribution is 5.85. The van der Waals surface area contributed by atoms with Gasteiger partial charge in [0.1, 0.15) is 6.04 Å². The lowest BCUT2D eigenvalue weighted by atomic mass is 10.0. The molecule has 0 bridgehead atoms. The van der Waals surface area contributed by atoms with Gasteiger partial charge in [0, 0.05) is 38.0 Å². The van der Waals surface area contributed by atoms with E-state index in [0.29, 0.717) is 12.5 Å². The third kappa shape index (κ3) is 3.02. The molecule has 3 unspecified atom stereocenters. The minimum absolute atomic E-state index is 0.0482. The first-order chi connectivity index (χ1) is 11.9. The van der Waals surface area contributed by atoms with Crippen molar-refractivity contribution >= 4 is 11.8 Å². The van der Waals surface area contributed by atoms with Gasteiger partial charge in [0.15, 0.2) is 0 Å². The fourth-order valence-corrected chi connectivity index (χ4v) is 3.81. The molecule has 0 radical (unpaired) electrons. The first-order valence-corrected chi connectivity index (χ1v) is 8.83. The molecule has 1 aromatic heterocycles. The number of alkyl halides is 2. The molecule has 2 aliphatic heterocycles. The van der Waals surface area contributed by atoms with E-state index in [2.05, 4.69) is 5.10 Å². The Balaban J connectivity index is 1.52. The SMILES string of the molecule is CC1CC1C(=O)N1Cc2ccnn2C(C(=O)N2CCC(F)(F)CC2)C1. The zero-order valence-corrected chi connectivity index (χ0v) is 14.2. The Morgan fingerprint density at radius 3 is 2.52 bits per heavy atom. The van der Waals surface area contributed by atoms with E-state index >= 15 is 0 Å². The number of amides is 2. The van der Waals surface area contributed by atoms with Crippen LogP contribution < -0.4 is 0 Å². The van der Waals surface area contributed by atoms with E-state index in [4.69, 9.17) is 0 Å². The van der Waals surface area contributed by atoms with Crippen LogP contribution in [0.25, 0.3) is 0 Å². The minimum atomic E-state index is -2.69. The number of piperidine rings is 1. The Bertz CT molecular complexity index is 695. The average molecular weight is 352 g/mol. The van der Waals surface area contributed by atoms with Gasteiger partial charge in [-0.15, -0.1) is 0 Å². The Morgan fingerprint density at radius 1 is 1.20 bits per heavy atom. The second kappa shape index (κ2) is 5.78. The van der Waals surface area contributed by atoms with Crippen molar-refractivity contribution in [3.63, 3.8) is 0 Å². The van der Waals surface area contributed by atoms with E-state index in [9.17, 15) is 18.4 Å². The maximum Gasteiger partial charge on any atom is 0.251 e. The molecule has 0 spiro atoms. The van der Waals surface area contributed by atoms with Gasteiger partial charge < -0.3 is 9.80 Å². The molecule has 1 saturated carbocycles. The van der Waals surface area contributed by atoms with E-state index < -0.39 is 12.0 Å². The molecule has 0 N–H and O–H groups in total. The fourth-order valence-electron chi connectivity index (χ4n) is 3.81. The Labute approximate surface area is 144 Å². The van der Waals surface area contributed by atoms with Crippen LogP contribution in [0.5, 0.6) is 0 Å². The molecule has 6 nitrogen and oxygen atoms in total. The fraction of sp³-hybridized carbons (Fsp3) is 0.706. The molecule has 3 atom stereocenters. The van der Waals surface area contributed by atoms with Crippen LogP contribution in [0.15, 0.2) is 12.3 Å². The van der Waals surface area contributed by atoms with Gasteiger partial charge in [-0.2, -0.15) is 5.10 Å². The lowest BCUT2D eigenvalue weighted by Gasteiger charge is -2.38. The largest absolute Gasteiger partial charge is 0.340 e. The van der Waals surface area contributed by atoms with E-state index in [1.807, 2.05) is 6.92 Å². The maximum atomic E-state index is 13.4. The van der Waals surface area contributed by atoms with Crippen molar-refractivity contribution < 1.29 is 18.4 Å². The summed E-state index contributed by atoms with van der Waals surface area (Å²) in [6.45, 7) is 2.86. The normalized spacial score (nSPS) is 30.8. The van der Waals surface area contributed by atoms with Gasteiger partial charge in [0.2, 0.25) is 11.8 Å². The highest BCUT2D eigenvalue weighted by Crippen LogP contribution is 2.40. The van der Waals surface area contributed by atoms with Gasteiger partial charge >= 0.3 is 0 Å². The molecule has 2 fully saturated rings. The van der Waals surface area contributed by atoms with Gasteiger partial charge in [-0.25, -0.2) is 8.78 Å². The summed E-state index contributed by atoms with van der Waals surface area (Å²) < 4.78 is 28.4. The van der Waals surface area contributed by atoms with Gasteiger partial charge in [-0.3, -0.25) is 14.3 Å². The summed E-state index contributed by atoms with van der Waals surface area (Å²) in [4.78, 5) is 28.7. The maximum absolute atomic E-state index is 13.4. The summed E-state index contributed by atoms with van der Waals surface area (Å²) in [6.07, 6.45) is 1.90. The molecule has 136 valence electrons. The molecular weight excluding hydrogens is 330 g/mol. The lowest BCUT2D eigenvalue weighted by Crippen LogP contribution is -2.51. The van der Waals surface area contributed by atoms with Crippen LogP contribution in [-0.2, 0) is 16.1 Å². The zero-order chi connectivity index (χ0) is 17.8. The standard InChI is InChI=1S/C17H22F2N4O2/c1-11-8-13(11)15(24)22-9-12-2-5-20-23(12)14(10-22)16(25)21-6-3-17(18,19)4-7-21/h2,5,11,13-14H,3-4,6-10H2,1H3. The van der Waals surface area contributed by atoms with Gasteiger partial charge in [0.25, 0.3) is 5.92 Å². The van der Waals surface area contributed by atoms with Gasteiger partial charge in [0.05, 0.1) is 18.8 Å². The van der Waals surface area contributed by atoms with Crippen LogP contribution in [0.3, 0.4) is 0 Å². The van der Waals surface area contributed by atoms with Crippen LogP contribution in [-0.4, -0.2) is 57.0 Å². The number of rotatable bonds is 2. The molecule has 4 rings (SSSR count). The topological polar surface area (TPSA) is 58.4 Å². The number of nitrogens with zero attached hydrogens (tertiary/aromatic N) is 4. The van der Waals surface area contributed by atoms with Crippen molar-refractivity contribution in [2.75, 3.05) is 19.6 Å². The summed E-state index contributed by atoms with van der Waals surface area (Å²) in [5.74, 6) is -2.37. The Morgan fingerprint density at radius 2 is 1.88 bits per heavy atom. The van der Waals surface area contributed by atoms with Crippen LogP contribution in [0, 0.1) is 11.8 Å². The summed E-state index contributed by atoms with van der Waals surface area (Å²) in [5.41, 5.74) is 0.814. The molecule has 1 aliphatic carbocycles. The van der Waals surface area contributed by atoms with Gasteiger partial charge in [-0.1, -0.05) is 6.92 Å². The predicted octanol–water partition coefficient (Wildman–Crippen LogP) is 1.68. The monoisotopic (exact) mass is 352 g/mol. The van der Waals surface area contributed by atoms with E-state index in [1.54, 1.807) is 21.8 Å². The van der Waals surface area contributed by atoms with Crippen LogP contribution in [0.2, 0.25) is 0 Å². The molecular formula is C17H22F2N4O2. The Hall–Kier alpha value is -1.99. The molecule has 3 aliphatic rings. The van der Waals surface area contributed by atoms with Crippen molar-refractivity contribution in [2.45, 2.75) is 44.7 Å². The smallest absolute Gasteiger partial charge is 0.251 e. The van der Waals surface area contributed by atoms with Crippen molar-refractivity contribution in [1.82, 2.24) is 19.6 Å². The van der Waals surface area contributed by atoms with E-state index in [1.165, 1.54) is 4.90 Å². The first kappa shape index (κ1) is 16.5. The van der Waals surface area contributed by atoms with E-state index in [-0.39, 0.29) is 50.2 Å². The molecule has 3 heterocycles. The van der Waals surface area contributed by atoms with Gasteiger partial charge in [-0.05, 0) is 18.4 Å². The first-order valence-electron chi connectivity index (χ1n) is 8.83. The van der Waals surface area contributed by atoms with Crippen molar-refractivity contribution in [1.29, 1.82) is 0 Å². The Kier molecular flexibility index (Phi) is 3.81. The number of fused-ring (bicyclic) bond motifs is 1. The predicted molar refractivity (Wildman–Crippen MR) is 84.7 cm³/mol. The molecule has 2 amide bonds. The van der Waals surface area contributed by atoms with Crippen molar-refractivity contribution in [3.8, 4) is 0 Å². The third-order valence-electron chi connectivity index (χ3n) is 5.62. The quantitative estimate of drug-likeness (QED) is 0.814. The number of halogens is 2. The number of carbonyl (C=O) groups is 2.